The van der Waals surface area contributed by atoms with Gasteiger partial charge in [0.25, 0.3) is 0 Å². The van der Waals surface area contributed by atoms with Crippen LogP contribution in [0.15, 0.2) is 29.8 Å². The van der Waals surface area contributed by atoms with Gasteiger partial charge in [0.05, 0.1) is 0 Å². The molecule has 21 heavy (non-hydrogen) atoms. The Kier molecular flexibility index (Phi) is 5.82. The minimum absolute atomic E-state index is 0.0853. The van der Waals surface area contributed by atoms with E-state index in [9.17, 15) is 0 Å². The quantitative estimate of drug-likeness (QED) is 0.778. The van der Waals surface area contributed by atoms with E-state index in [0.717, 1.165) is 30.9 Å². The average Bonchev–Trinajstić information content (AvgIpc) is 2.55. The lowest BCUT2D eigenvalue weighted by atomic mass is 10.1. The number of rotatable bonds is 5. The molecule has 1 aromatic carbocycles. The van der Waals surface area contributed by atoms with Gasteiger partial charge in [0.15, 0.2) is 0 Å². The number of para-hydroxylation sites is 1. The maximum absolute atomic E-state index is 8.84. The Labute approximate surface area is 125 Å². The van der Waals surface area contributed by atoms with E-state index in [4.69, 9.17) is 15.3 Å². The molecule has 1 aliphatic rings. The van der Waals surface area contributed by atoms with Crippen LogP contribution in [0.2, 0.25) is 0 Å². The summed E-state index contributed by atoms with van der Waals surface area (Å²) in [5.74, 6) is 0.720. The van der Waals surface area contributed by atoms with Crippen molar-refractivity contribution in [1.82, 2.24) is 4.90 Å². The zero-order chi connectivity index (χ0) is 14.9. The maximum atomic E-state index is 8.84. The molecule has 0 unspecified atom stereocenters. The van der Waals surface area contributed by atoms with Crippen molar-refractivity contribution in [3.05, 3.63) is 35.4 Å². The Bertz CT molecular complexity index is 558. The van der Waals surface area contributed by atoms with E-state index in [1.54, 1.807) is 6.08 Å². The molecule has 1 aromatic rings. The highest BCUT2D eigenvalue weighted by Gasteiger charge is 2.10. The molecule has 0 radical (unpaired) electrons. The molecule has 4 nitrogen and oxygen atoms in total. The number of benzene rings is 1. The number of ether oxygens (including phenoxy) is 1. The van der Waals surface area contributed by atoms with Gasteiger partial charge in [-0.25, -0.2) is 0 Å². The summed E-state index contributed by atoms with van der Waals surface area (Å²) in [5, 5.41) is 17.7. The summed E-state index contributed by atoms with van der Waals surface area (Å²) in [6, 6.07) is 11.2. The number of piperidine rings is 1. The number of nitriles is 2. The smallest absolute Gasteiger partial charge is 0.130 e. The largest absolute Gasteiger partial charge is 0.492 e. The van der Waals surface area contributed by atoms with Crippen molar-refractivity contribution >= 4 is 6.08 Å². The highest BCUT2D eigenvalue weighted by molar-refractivity contribution is 5.66. The molecule has 0 bridgehead atoms. The number of hydrogen-bond donors (Lipinski definition) is 0. The van der Waals surface area contributed by atoms with E-state index in [0.29, 0.717) is 6.61 Å². The number of likely N-dealkylation sites (tertiary alicyclic amines) is 1. The summed E-state index contributed by atoms with van der Waals surface area (Å²) in [7, 11) is 0. The summed E-state index contributed by atoms with van der Waals surface area (Å²) >= 11 is 0. The van der Waals surface area contributed by atoms with Gasteiger partial charge in [-0.2, -0.15) is 10.5 Å². The Balaban J connectivity index is 1.95. The van der Waals surface area contributed by atoms with Crippen LogP contribution in [0.5, 0.6) is 5.75 Å². The molecule has 0 N–H and O–H groups in total. The molecule has 2 rings (SSSR count). The first-order valence-corrected chi connectivity index (χ1v) is 7.29. The molecule has 0 amide bonds. The first-order valence-electron chi connectivity index (χ1n) is 7.29. The van der Waals surface area contributed by atoms with Crippen molar-refractivity contribution in [2.75, 3.05) is 26.2 Å². The van der Waals surface area contributed by atoms with Crippen molar-refractivity contribution in [2.24, 2.45) is 0 Å². The average molecular weight is 281 g/mol. The van der Waals surface area contributed by atoms with E-state index in [2.05, 4.69) is 4.90 Å². The van der Waals surface area contributed by atoms with Gasteiger partial charge >= 0.3 is 0 Å². The van der Waals surface area contributed by atoms with Crippen LogP contribution in [0.25, 0.3) is 6.08 Å². The molecule has 1 saturated heterocycles. The van der Waals surface area contributed by atoms with E-state index >= 15 is 0 Å². The molecule has 0 saturated carbocycles. The van der Waals surface area contributed by atoms with E-state index in [1.807, 2.05) is 36.4 Å². The fraction of sp³-hybridized carbons (Fsp3) is 0.412. The minimum Gasteiger partial charge on any atom is -0.492 e. The Morgan fingerprint density at radius 3 is 2.57 bits per heavy atom. The van der Waals surface area contributed by atoms with Gasteiger partial charge in [0.1, 0.15) is 30.1 Å². The van der Waals surface area contributed by atoms with Crippen LogP contribution in [-0.2, 0) is 0 Å². The van der Waals surface area contributed by atoms with E-state index < -0.39 is 0 Å². The lowest BCUT2D eigenvalue weighted by Gasteiger charge is -2.26. The van der Waals surface area contributed by atoms with Crippen LogP contribution in [0.4, 0.5) is 0 Å². The van der Waals surface area contributed by atoms with E-state index in [1.165, 1.54) is 19.3 Å². The molecule has 4 heteroatoms. The predicted molar refractivity (Wildman–Crippen MR) is 81.4 cm³/mol. The molecule has 0 spiro atoms. The molecule has 1 fully saturated rings. The third-order valence-electron chi connectivity index (χ3n) is 3.57. The maximum Gasteiger partial charge on any atom is 0.130 e. The minimum atomic E-state index is 0.0853. The van der Waals surface area contributed by atoms with Gasteiger partial charge in [-0.3, -0.25) is 4.90 Å². The highest BCUT2D eigenvalue weighted by atomic mass is 16.5. The van der Waals surface area contributed by atoms with Crippen molar-refractivity contribution in [2.45, 2.75) is 19.3 Å². The van der Waals surface area contributed by atoms with Crippen LogP contribution in [0.3, 0.4) is 0 Å². The summed E-state index contributed by atoms with van der Waals surface area (Å²) in [4.78, 5) is 2.41. The Morgan fingerprint density at radius 1 is 1.14 bits per heavy atom. The van der Waals surface area contributed by atoms with Crippen molar-refractivity contribution in [3.8, 4) is 17.9 Å². The zero-order valence-electron chi connectivity index (χ0n) is 12.1. The molecule has 1 aliphatic heterocycles. The van der Waals surface area contributed by atoms with Gasteiger partial charge in [-0.05, 0) is 38.1 Å². The zero-order valence-corrected chi connectivity index (χ0v) is 12.1. The standard InChI is InChI=1S/C17H19N3O/c18-13-15(14-19)12-16-6-2-3-7-17(16)21-11-10-20-8-4-1-5-9-20/h2-3,6-7,12H,1,4-5,8-11H2. The van der Waals surface area contributed by atoms with Gasteiger partial charge in [0.2, 0.25) is 0 Å². The third kappa shape index (κ3) is 4.63. The highest BCUT2D eigenvalue weighted by Crippen LogP contribution is 2.21. The molecule has 0 aromatic heterocycles. The van der Waals surface area contributed by atoms with Crippen molar-refractivity contribution in [1.29, 1.82) is 10.5 Å². The second kappa shape index (κ2) is 8.09. The Morgan fingerprint density at radius 2 is 1.86 bits per heavy atom. The SMILES string of the molecule is N#CC(C#N)=Cc1ccccc1OCCN1CCCCC1. The lowest BCUT2D eigenvalue weighted by molar-refractivity contribution is 0.183. The summed E-state index contributed by atoms with van der Waals surface area (Å²) < 4.78 is 5.82. The molecular formula is C17H19N3O. The van der Waals surface area contributed by atoms with Gasteiger partial charge < -0.3 is 4.74 Å². The van der Waals surface area contributed by atoms with Crippen LogP contribution < -0.4 is 4.74 Å². The van der Waals surface area contributed by atoms with Crippen LogP contribution in [0.1, 0.15) is 24.8 Å². The normalized spacial score (nSPS) is 14.8. The third-order valence-corrected chi connectivity index (χ3v) is 3.57. The second-order valence-corrected chi connectivity index (χ2v) is 5.07. The molecule has 1 heterocycles. The van der Waals surface area contributed by atoms with Crippen molar-refractivity contribution < 1.29 is 4.74 Å². The number of allylic oxidation sites excluding steroid dienone is 1. The molecular weight excluding hydrogens is 262 g/mol. The first kappa shape index (κ1) is 15.1. The van der Waals surface area contributed by atoms with Crippen LogP contribution >= 0.6 is 0 Å². The van der Waals surface area contributed by atoms with Gasteiger partial charge in [0, 0.05) is 12.1 Å². The second-order valence-electron chi connectivity index (χ2n) is 5.07. The fourth-order valence-corrected chi connectivity index (χ4v) is 2.44. The summed E-state index contributed by atoms with van der Waals surface area (Å²) in [6.07, 6.45) is 5.44. The predicted octanol–water partition coefficient (Wildman–Crippen LogP) is 2.98. The van der Waals surface area contributed by atoms with Gasteiger partial charge in [-0.15, -0.1) is 0 Å². The van der Waals surface area contributed by atoms with Gasteiger partial charge in [-0.1, -0.05) is 24.6 Å². The topological polar surface area (TPSA) is 60.1 Å². The fourth-order valence-electron chi connectivity index (χ4n) is 2.44. The van der Waals surface area contributed by atoms with Crippen LogP contribution in [-0.4, -0.2) is 31.1 Å². The first-order chi connectivity index (χ1) is 10.3. The molecule has 0 atom stereocenters. The number of nitrogens with zero attached hydrogens (tertiary/aromatic N) is 3. The summed E-state index contributed by atoms with van der Waals surface area (Å²) in [6.45, 7) is 3.84. The Hall–Kier alpha value is -2.30. The van der Waals surface area contributed by atoms with Crippen molar-refractivity contribution in [3.63, 3.8) is 0 Å². The summed E-state index contributed by atoms with van der Waals surface area (Å²) in [5.41, 5.74) is 0.858. The molecule has 108 valence electrons. The van der Waals surface area contributed by atoms with E-state index in [-0.39, 0.29) is 5.57 Å². The monoisotopic (exact) mass is 281 g/mol. The number of hydrogen-bond acceptors (Lipinski definition) is 4. The molecule has 0 aliphatic carbocycles. The lowest BCUT2D eigenvalue weighted by Crippen LogP contribution is -2.33. The van der Waals surface area contributed by atoms with Crippen LogP contribution in [0, 0.1) is 22.7 Å².